The zero-order valence-electron chi connectivity index (χ0n) is 11.9. The van der Waals surface area contributed by atoms with Crippen molar-refractivity contribution in [1.82, 2.24) is 5.32 Å². The number of rotatable bonds is 4. The summed E-state index contributed by atoms with van der Waals surface area (Å²) in [4.78, 5) is 22.7. The molecule has 0 bridgehead atoms. The Labute approximate surface area is 140 Å². The molecule has 116 valence electrons. The van der Waals surface area contributed by atoms with Gasteiger partial charge < -0.3 is 19.6 Å². The number of carbonyl (C=O) groups excluding carboxylic acids is 2. The fourth-order valence-electron chi connectivity index (χ4n) is 1.90. The van der Waals surface area contributed by atoms with E-state index in [0.717, 1.165) is 0 Å². The normalized spacial score (nSPS) is 10.9. The van der Waals surface area contributed by atoms with Crippen molar-refractivity contribution in [3.8, 4) is 17.4 Å². The molecule has 7 heteroatoms. The van der Waals surface area contributed by atoms with Gasteiger partial charge in [-0.2, -0.15) is 5.26 Å². The van der Waals surface area contributed by atoms with E-state index in [1.165, 1.54) is 25.3 Å². The van der Waals surface area contributed by atoms with Crippen LogP contribution in [0.1, 0.15) is 16.1 Å². The van der Waals surface area contributed by atoms with E-state index in [1.807, 2.05) is 0 Å². The third-order valence-electron chi connectivity index (χ3n) is 2.97. The number of carboxylic acids is 1. The van der Waals surface area contributed by atoms with Gasteiger partial charge in [-0.15, -0.1) is 0 Å². The molecule has 0 saturated heterocycles. The second-order valence-corrected chi connectivity index (χ2v) is 5.34. The van der Waals surface area contributed by atoms with Crippen molar-refractivity contribution in [3.05, 3.63) is 51.7 Å². The molecule has 2 rings (SSSR count). The molecular formula is C16H10BrN2O4-. The summed E-state index contributed by atoms with van der Waals surface area (Å²) in [5, 5.41) is 22.5. The number of likely N-dealkylation sites (N-methyl/N-ethyl adjacent to an activating group) is 1. The fourth-order valence-corrected chi connectivity index (χ4v) is 2.26. The first kappa shape index (κ1) is 16.5. The summed E-state index contributed by atoms with van der Waals surface area (Å²) in [5.74, 6) is -1.33. The van der Waals surface area contributed by atoms with Crippen LogP contribution in [0.2, 0.25) is 0 Å². The van der Waals surface area contributed by atoms with Crippen LogP contribution in [0.4, 0.5) is 0 Å². The minimum Gasteiger partial charge on any atom is -0.545 e. The lowest BCUT2D eigenvalue weighted by atomic mass is 10.1. The van der Waals surface area contributed by atoms with Crippen molar-refractivity contribution >= 4 is 33.9 Å². The predicted octanol–water partition coefficient (Wildman–Crippen LogP) is 1.73. The van der Waals surface area contributed by atoms with Gasteiger partial charge in [0.05, 0.1) is 5.97 Å². The number of carbonyl (C=O) groups is 2. The van der Waals surface area contributed by atoms with Crippen molar-refractivity contribution in [2.45, 2.75) is 0 Å². The number of halogens is 1. The molecule has 0 atom stereocenters. The quantitative estimate of drug-likeness (QED) is 0.648. The van der Waals surface area contributed by atoms with Gasteiger partial charge in [-0.25, -0.2) is 0 Å². The van der Waals surface area contributed by atoms with Gasteiger partial charge in [0.1, 0.15) is 23.2 Å². The Morgan fingerprint density at radius 1 is 1.35 bits per heavy atom. The van der Waals surface area contributed by atoms with Crippen molar-refractivity contribution in [2.24, 2.45) is 0 Å². The van der Waals surface area contributed by atoms with Crippen molar-refractivity contribution < 1.29 is 19.1 Å². The zero-order chi connectivity index (χ0) is 17.0. The Morgan fingerprint density at radius 3 is 2.70 bits per heavy atom. The van der Waals surface area contributed by atoms with Crippen LogP contribution in [-0.4, -0.2) is 18.9 Å². The average Bonchev–Trinajstić information content (AvgIpc) is 3.00. The molecule has 1 aromatic carbocycles. The lowest BCUT2D eigenvalue weighted by Gasteiger charge is -2.08. The summed E-state index contributed by atoms with van der Waals surface area (Å²) in [6.45, 7) is 0. The number of furan rings is 1. The molecule has 1 heterocycles. The summed E-state index contributed by atoms with van der Waals surface area (Å²) in [6.07, 6.45) is 1.28. The molecule has 23 heavy (non-hydrogen) atoms. The fraction of sp³-hybridized carbons (Fsp3) is 0.0625. The third kappa shape index (κ3) is 3.67. The number of carboxylic acid groups (broad SMARTS) is 1. The number of hydrogen-bond donors (Lipinski definition) is 1. The Morgan fingerprint density at radius 2 is 2.09 bits per heavy atom. The largest absolute Gasteiger partial charge is 0.545 e. The number of hydrogen-bond acceptors (Lipinski definition) is 5. The van der Waals surface area contributed by atoms with E-state index in [1.54, 1.807) is 24.3 Å². The first-order valence-corrected chi connectivity index (χ1v) is 7.20. The van der Waals surface area contributed by atoms with E-state index in [9.17, 15) is 14.7 Å². The molecule has 0 radical (unpaired) electrons. The maximum absolute atomic E-state index is 11.5. The third-order valence-corrected chi connectivity index (χ3v) is 3.47. The second kappa shape index (κ2) is 6.94. The van der Waals surface area contributed by atoms with E-state index < -0.39 is 11.9 Å². The van der Waals surface area contributed by atoms with Crippen LogP contribution in [0.15, 0.2) is 44.8 Å². The van der Waals surface area contributed by atoms with E-state index >= 15 is 0 Å². The molecule has 2 aromatic rings. The average molecular weight is 374 g/mol. The SMILES string of the molecule is CNC(=O)/C(C#N)=C/c1ccc(-c2ccc(Br)cc2C(=O)[O-])o1. The summed E-state index contributed by atoms with van der Waals surface area (Å²) in [6, 6.07) is 9.52. The number of nitrogens with one attached hydrogen (secondary N) is 1. The highest BCUT2D eigenvalue weighted by atomic mass is 79.9. The van der Waals surface area contributed by atoms with Crippen LogP contribution >= 0.6 is 15.9 Å². The lowest BCUT2D eigenvalue weighted by molar-refractivity contribution is -0.255. The van der Waals surface area contributed by atoms with E-state index in [-0.39, 0.29) is 22.7 Å². The number of aromatic carboxylic acids is 1. The molecule has 0 aliphatic heterocycles. The zero-order valence-corrected chi connectivity index (χ0v) is 13.5. The monoisotopic (exact) mass is 373 g/mol. The van der Waals surface area contributed by atoms with Gasteiger partial charge >= 0.3 is 0 Å². The van der Waals surface area contributed by atoms with Crippen molar-refractivity contribution in [1.29, 1.82) is 5.26 Å². The highest BCUT2D eigenvalue weighted by Crippen LogP contribution is 2.28. The Bertz CT molecular complexity index is 846. The van der Waals surface area contributed by atoms with Crippen LogP contribution in [0.3, 0.4) is 0 Å². The number of nitriles is 1. The molecule has 0 aliphatic carbocycles. The minimum atomic E-state index is -1.34. The van der Waals surface area contributed by atoms with Crippen LogP contribution in [0, 0.1) is 11.3 Å². The molecule has 1 aromatic heterocycles. The Kier molecular flexibility index (Phi) is 4.98. The maximum Gasteiger partial charge on any atom is 0.261 e. The summed E-state index contributed by atoms with van der Waals surface area (Å²) < 4.78 is 6.11. The molecule has 0 fully saturated rings. The van der Waals surface area contributed by atoms with E-state index in [2.05, 4.69) is 21.2 Å². The highest BCUT2D eigenvalue weighted by Gasteiger charge is 2.12. The minimum absolute atomic E-state index is 0.0314. The van der Waals surface area contributed by atoms with Crippen LogP contribution in [0.5, 0.6) is 0 Å². The highest BCUT2D eigenvalue weighted by molar-refractivity contribution is 9.10. The van der Waals surface area contributed by atoms with E-state index in [4.69, 9.17) is 9.68 Å². The first-order chi connectivity index (χ1) is 11.0. The van der Waals surface area contributed by atoms with Gasteiger partial charge in [0.25, 0.3) is 5.91 Å². The van der Waals surface area contributed by atoms with Gasteiger partial charge in [-0.05, 0) is 30.3 Å². The molecule has 0 aliphatic rings. The standard InChI is InChI=1S/C16H11BrN2O4/c1-19-15(20)9(8-18)6-11-3-5-14(23-11)12-4-2-10(17)7-13(12)16(21)22/h2-7H,1H3,(H,19,20)(H,21,22)/p-1/b9-6+. The van der Waals surface area contributed by atoms with Crippen LogP contribution in [0.25, 0.3) is 17.4 Å². The smallest absolute Gasteiger partial charge is 0.261 e. The van der Waals surface area contributed by atoms with Gasteiger partial charge in [0.15, 0.2) is 0 Å². The Hall–Kier alpha value is -2.85. The number of benzene rings is 1. The number of nitrogens with zero attached hydrogens (tertiary/aromatic N) is 1. The molecule has 0 unspecified atom stereocenters. The van der Waals surface area contributed by atoms with Crippen LogP contribution < -0.4 is 10.4 Å². The molecule has 0 saturated carbocycles. The van der Waals surface area contributed by atoms with Crippen LogP contribution in [-0.2, 0) is 4.79 Å². The van der Waals surface area contributed by atoms with Crippen molar-refractivity contribution in [3.63, 3.8) is 0 Å². The molecular weight excluding hydrogens is 364 g/mol. The van der Waals surface area contributed by atoms with E-state index in [0.29, 0.717) is 10.0 Å². The summed E-state index contributed by atoms with van der Waals surface area (Å²) in [5.41, 5.74) is 0.187. The second-order valence-electron chi connectivity index (χ2n) is 4.43. The molecule has 1 N–H and O–H groups in total. The topological polar surface area (TPSA) is 106 Å². The van der Waals surface area contributed by atoms with Gasteiger partial charge in [-0.1, -0.05) is 15.9 Å². The predicted molar refractivity (Wildman–Crippen MR) is 83.8 cm³/mol. The van der Waals surface area contributed by atoms with Gasteiger partial charge in [-0.3, -0.25) is 4.79 Å². The first-order valence-electron chi connectivity index (χ1n) is 6.41. The van der Waals surface area contributed by atoms with Gasteiger partial charge in [0, 0.05) is 28.7 Å². The summed E-state index contributed by atoms with van der Waals surface area (Å²) >= 11 is 3.20. The van der Waals surface area contributed by atoms with Crippen molar-refractivity contribution in [2.75, 3.05) is 7.05 Å². The molecule has 1 amide bonds. The molecule has 6 nitrogen and oxygen atoms in total. The maximum atomic E-state index is 11.5. The van der Waals surface area contributed by atoms with Gasteiger partial charge in [0.2, 0.25) is 0 Å². The number of amides is 1. The summed E-state index contributed by atoms with van der Waals surface area (Å²) in [7, 11) is 1.41. The molecule has 0 spiro atoms. The Balaban J connectivity index is 2.45. The lowest BCUT2D eigenvalue weighted by Crippen LogP contribution is -2.23.